The van der Waals surface area contributed by atoms with Crippen LogP contribution in [0.15, 0.2) is 24.3 Å². The molecule has 0 aliphatic rings. The number of aliphatic hydroxyl groups excluding tert-OH is 2. The molecule has 2 atom stereocenters. The van der Waals surface area contributed by atoms with E-state index in [-0.39, 0.29) is 18.5 Å². The fraction of sp³-hybridized carbons (Fsp3) is 0.872. The first-order valence-corrected chi connectivity index (χ1v) is 23.1. The molecule has 0 aromatic rings. The van der Waals surface area contributed by atoms with Crippen molar-refractivity contribution in [2.45, 2.75) is 251 Å². The zero-order valence-electron chi connectivity index (χ0n) is 35.2. The van der Waals surface area contributed by atoms with Gasteiger partial charge < -0.3 is 20.3 Å². The quantitative estimate of drug-likeness (QED) is 0.0328. The SMILES string of the molecule is CCC/C=C\C/C=C\CCCCCCCC(=O)OCCCCCCCCCCCCCC(=O)NC(CO)C(O)CCCCCCCCCCCCCC. The first-order valence-electron chi connectivity index (χ1n) is 23.1. The summed E-state index contributed by atoms with van der Waals surface area (Å²) in [7, 11) is 0. The Hall–Kier alpha value is -1.66. The van der Waals surface area contributed by atoms with Gasteiger partial charge in [-0.25, -0.2) is 0 Å². The lowest BCUT2D eigenvalue weighted by Crippen LogP contribution is -2.45. The van der Waals surface area contributed by atoms with Crippen LogP contribution >= 0.6 is 0 Å². The minimum absolute atomic E-state index is 0.0296. The molecule has 0 aromatic heterocycles. The second-order valence-electron chi connectivity index (χ2n) is 15.7. The smallest absolute Gasteiger partial charge is 0.305 e. The second kappa shape index (κ2) is 43.1. The molecule has 0 bridgehead atoms. The van der Waals surface area contributed by atoms with Gasteiger partial charge in [-0.2, -0.15) is 0 Å². The maximum absolute atomic E-state index is 12.4. The van der Waals surface area contributed by atoms with E-state index in [0.29, 0.717) is 25.9 Å². The standard InChI is InChI=1S/C47H89NO5/c1-3-5-7-9-11-13-15-17-21-25-29-33-37-41-47(52)53-42-38-34-30-26-22-18-20-24-28-32-36-40-46(51)48-44(43-49)45(50)39-35-31-27-23-19-16-14-12-10-8-6-4-2/h7,9,13,15,44-45,49-50H,3-6,8,10-12,14,16-43H2,1-2H3,(H,48,51)/b9-7-,15-13-. The Bertz CT molecular complexity index is 828. The molecule has 0 heterocycles. The van der Waals surface area contributed by atoms with Gasteiger partial charge in [0.05, 0.1) is 25.4 Å². The lowest BCUT2D eigenvalue weighted by Gasteiger charge is -2.22. The molecule has 0 saturated carbocycles. The summed E-state index contributed by atoms with van der Waals surface area (Å²) in [5.41, 5.74) is 0. The van der Waals surface area contributed by atoms with Crippen molar-refractivity contribution in [1.29, 1.82) is 0 Å². The molecule has 312 valence electrons. The van der Waals surface area contributed by atoms with Crippen LogP contribution in [-0.4, -0.2) is 47.4 Å². The van der Waals surface area contributed by atoms with Crippen molar-refractivity contribution < 1.29 is 24.5 Å². The fourth-order valence-electron chi connectivity index (χ4n) is 6.91. The molecule has 53 heavy (non-hydrogen) atoms. The Balaban J connectivity index is 3.49. The fourth-order valence-corrected chi connectivity index (χ4v) is 6.91. The number of allylic oxidation sites excluding steroid dienone is 4. The summed E-state index contributed by atoms with van der Waals surface area (Å²) in [6.07, 6.45) is 48.4. The second-order valence-corrected chi connectivity index (χ2v) is 15.7. The van der Waals surface area contributed by atoms with Crippen LogP contribution in [0.1, 0.15) is 239 Å². The molecule has 0 fully saturated rings. The molecule has 0 aliphatic heterocycles. The van der Waals surface area contributed by atoms with E-state index in [9.17, 15) is 19.8 Å². The molecular weight excluding hydrogens is 659 g/mol. The van der Waals surface area contributed by atoms with Crippen LogP contribution in [0.4, 0.5) is 0 Å². The topological polar surface area (TPSA) is 95.9 Å². The van der Waals surface area contributed by atoms with Crippen LogP contribution in [0.5, 0.6) is 0 Å². The minimum Gasteiger partial charge on any atom is -0.466 e. The average Bonchev–Trinajstić information content (AvgIpc) is 3.16. The number of rotatable bonds is 42. The lowest BCUT2D eigenvalue weighted by molar-refractivity contribution is -0.143. The van der Waals surface area contributed by atoms with Crippen molar-refractivity contribution in [2.24, 2.45) is 0 Å². The number of amides is 1. The van der Waals surface area contributed by atoms with Crippen LogP contribution in [0.3, 0.4) is 0 Å². The summed E-state index contributed by atoms with van der Waals surface area (Å²) in [6, 6.07) is -0.554. The molecule has 1 amide bonds. The van der Waals surface area contributed by atoms with Crippen LogP contribution in [0, 0.1) is 0 Å². The Morgan fingerprint density at radius 2 is 0.981 bits per heavy atom. The van der Waals surface area contributed by atoms with E-state index in [1.165, 1.54) is 135 Å². The third kappa shape index (κ3) is 39.8. The minimum atomic E-state index is -0.675. The van der Waals surface area contributed by atoms with Crippen molar-refractivity contribution in [3.63, 3.8) is 0 Å². The highest BCUT2D eigenvalue weighted by atomic mass is 16.5. The van der Waals surface area contributed by atoms with Crippen LogP contribution in [0.25, 0.3) is 0 Å². The monoisotopic (exact) mass is 748 g/mol. The number of carbonyl (C=O) groups excluding carboxylic acids is 2. The van der Waals surface area contributed by atoms with E-state index in [1.807, 2.05) is 0 Å². The van der Waals surface area contributed by atoms with Gasteiger partial charge in [-0.3, -0.25) is 9.59 Å². The Kier molecular flexibility index (Phi) is 41.7. The molecule has 0 rings (SSSR count). The van der Waals surface area contributed by atoms with Crippen molar-refractivity contribution in [2.75, 3.05) is 13.2 Å². The molecule has 3 N–H and O–H groups in total. The maximum atomic E-state index is 12.4. The summed E-state index contributed by atoms with van der Waals surface area (Å²) in [5, 5.41) is 23.1. The van der Waals surface area contributed by atoms with Crippen LogP contribution < -0.4 is 5.32 Å². The van der Waals surface area contributed by atoms with Gasteiger partial charge in [-0.15, -0.1) is 0 Å². The summed E-state index contributed by atoms with van der Waals surface area (Å²) >= 11 is 0. The number of ether oxygens (including phenoxy) is 1. The van der Waals surface area contributed by atoms with E-state index in [1.54, 1.807) is 0 Å². The predicted octanol–water partition coefficient (Wildman–Crippen LogP) is 13.2. The van der Waals surface area contributed by atoms with E-state index in [4.69, 9.17) is 4.74 Å². The Labute approximate surface area is 329 Å². The normalized spacial score (nSPS) is 12.9. The highest BCUT2D eigenvalue weighted by Crippen LogP contribution is 2.15. The van der Waals surface area contributed by atoms with Crippen molar-refractivity contribution in [3.8, 4) is 0 Å². The lowest BCUT2D eigenvalue weighted by atomic mass is 10.0. The van der Waals surface area contributed by atoms with Crippen LogP contribution in [0.2, 0.25) is 0 Å². The van der Waals surface area contributed by atoms with Gasteiger partial charge in [0, 0.05) is 12.8 Å². The number of carbonyl (C=O) groups is 2. The van der Waals surface area contributed by atoms with Gasteiger partial charge in [0.15, 0.2) is 0 Å². The van der Waals surface area contributed by atoms with Gasteiger partial charge in [0.25, 0.3) is 0 Å². The highest BCUT2D eigenvalue weighted by Gasteiger charge is 2.20. The zero-order chi connectivity index (χ0) is 38.7. The third-order valence-corrected chi connectivity index (χ3v) is 10.5. The molecule has 0 aromatic carbocycles. The van der Waals surface area contributed by atoms with Crippen molar-refractivity contribution in [3.05, 3.63) is 24.3 Å². The van der Waals surface area contributed by atoms with Crippen LogP contribution in [-0.2, 0) is 14.3 Å². The number of esters is 1. The first kappa shape index (κ1) is 51.3. The summed E-state index contributed by atoms with van der Waals surface area (Å²) in [5.74, 6) is -0.0859. The molecular formula is C47H89NO5. The maximum Gasteiger partial charge on any atom is 0.305 e. The number of aliphatic hydroxyl groups is 2. The highest BCUT2D eigenvalue weighted by molar-refractivity contribution is 5.76. The Morgan fingerprint density at radius 1 is 0.528 bits per heavy atom. The first-order chi connectivity index (χ1) is 26.0. The molecule has 6 nitrogen and oxygen atoms in total. The van der Waals surface area contributed by atoms with Gasteiger partial charge >= 0.3 is 5.97 Å². The molecule has 0 spiro atoms. The Morgan fingerprint density at radius 3 is 1.51 bits per heavy atom. The number of hydrogen-bond donors (Lipinski definition) is 3. The third-order valence-electron chi connectivity index (χ3n) is 10.5. The molecule has 0 aliphatic carbocycles. The van der Waals surface area contributed by atoms with E-state index >= 15 is 0 Å². The average molecular weight is 748 g/mol. The number of hydrogen-bond acceptors (Lipinski definition) is 5. The largest absolute Gasteiger partial charge is 0.466 e. The van der Waals surface area contributed by atoms with Crippen molar-refractivity contribution >= 4 is 11.9 Å². The van der Waals surface area contributed by atoms with Crippen molar-refractivity contribution in [1.82, 2.24) is 5.32 Å². The summed E-state index contributed by atoms with van der Waals surface area (Å²) < 4.78 is 5.43. The molecule has 0 saturated heterocycles. The van der Waals surface area contributed by atoms with Gasteiger partial charge in [-0.1, -0.05) is 199 Å². The predicted molar refractivity (Wildman–Crippen MR) is 227 cm³/mol. The van der Waals surface area contributed by atoms with E-state index in [0.717, 1.165) is 70.6 Å². The van der Waals surface area contributed by atoms with Gasteiger partial charge in [-0.05, 0) is 51.4 Å². The molecule has 2 unspecified atom stereocenters. The molecule has 0 radical (unpaired) electrons. The molecule has 6 heteroatoms. The summed E-state index contributed by atoms with van der Waals surface area (Å²) in [6.45, 7) is 4.82. The summed E-state index contributed by atoms with van der Waals surface area (Å²) in [4.78, 5) is 24.4. The number of nitrogens with one attached hydrogen (secondary N) is 1. The van der Waals surface area contributed by atoms with Gasteiger partial charge in [0.1, 0.15) is 0 Å². The van der Waals surface area contributed by atoms with Gasteiger partial charge in [0.2, 0.25) is 5.91 Å². The zero-order valence-corrected chi connectivity index (χ0v) is 35.2. The number of unbranched alkanes of at least 4 members (excludes halogenated alkanes) is 27. The van der Waals surface area contributed by atoms with E-state index in [2.05, 4.69) is 43.5 Å². The van der Waals surface area contributed by atoms with E-state index < -0.39 is 12.1 Å².